The predicted molar refractivity (Wildman–Crippen MR) is 245 cm³/mol. The summed E-state index contributed by atoms with van der Waals surface area (Å²) in [5.41, 5.74) is -4.79. The first-order valence-electron chi connectivity index (χ1n) is 17.7. The molecule has 0 atom stereocenters. The van der Waals surface area contributed by atoms with Crippen LogP contribution in [0.2, 0.25) is 20.1 Å². The monoisotopic (exact) mass is 1060 g/mol. The van der Waals surface area contributed by atoms with Gasteiger partial charge in [-0.05, 0) is 60.7 Å². The summed E-state index contributed by atoms with van der Waals surface area (Å²) in [6, 6.07) is 18.0. The molecule has 0 aliphatic heterocycles. The summed E-state index contributed by atoms with van der Waals surface area (Å²) in [6.07, 6.45) is -7.51. The first-order valence-corrected chi connectivity index (χ1v) is 22.2. The number of benzene rings is 4. The van der Waals surface area contributed by atoms with E-state index in [0.717, 1.165) is 36.5 Å². The van der Waals surface area contributed by atoms with Crippen molar-refractivity contribution in [1.82, 2.24) is 20.2 Å². The number of hydrogen-bond donors (Lipinski definition) is 4. The average Bonchev–Trinajstić information content (AvgIpc) is 3.23. The van der Waals surface area contributed by atoms with Gasteiger partial charge in [0.2, 0.25) is 5.78 Å². The first-order chi connectivity index (χ1) is 30.8. The third kappa shape index (κ3) is 12.0. The first kappa shape index (κ1) is 54.3. The van der Waals surface area contributed by atoms with Crippen molar-refractivity contribution < 1.29 is 57.9 Å². The number of halogens is 10. The van der Waals surface area contributed by atoms with Gasteiger partial charge in [0.25, 0.3) is 25.6 Å². The number of aromatic amines is 1. The van der Waals surface area contributed by atoms with E-state index in [1.807, 2.05) is 4.72 Å². The number of pyridine rings is 2. The minimum atomic E-state index is -4.91. The number of carbonyl (C=O) groups is 2. The number of H-pyrrole nitrogens is 1. The van der Waals surface area contributed by atoms with E-state index in [0.29, 0.717) is 17.5 Å². The third-order valence-corrected chi connectivity index (χ3v) is 12.6. The molecule has 0 radical (unpaired) electrons. The molecule has 0 unspecified atom stereocenters. The maximum Gasteiger partial charge on any atom is 0.417 e. The number of aromatic nitrogens is 4. The number of nitrogens with zero attached hydrogens (tertiary/aromatic N) is 3. The van der Waals surface area contributed by atoms with Gasteiger partial charge in [-0.25, -0.2) is 31.7 Å². The van der Waals surface area contributed by atoms with Gasteiger partial charge in [-0.1, -0.05) is 97.7 Å². The van der Waals surface area contributed by atoms with Crippen molar-refractivity contribution in [3.05, 3.63) is 168 Å². The van der Waals surface area contributed by atoms with Crippen LogP contribution in [0.3, 0.4) is 0 Å². The van der Waals surface area contributed by atoms with E-state index in [4.69, 9.17) is 46.4 Å². The molecule has 3 aromatic heterocycles. The Hall–Kier alpha value is -6.30. The van der Waals surface area contributed by atoms with E-state index in [1.165, 1.54) is 36.5 Å². The quantitative estimate of drug-likeness (QED) is 0.0746. The number of ketones is 1. The predicted octanol–water partition coefficient (Wildman–Crippen LogP) is 11.5. The highest BCUT2D eigenvalue weighted by Crippen LogP contribution is 2.39. The lowest BCUT2D eigenvalue weighted by molar-refractivity contribution is -0.138. The smallest absolute Gasteiger partial charge is 0.417 e. The van der Waals surface area contributed by atoms with Crippen molar-refractivity contribution in [1.29, 1.82) is 0 Å². The van der Waals surface area contributed by atoms with Crippen molar-refractivity contribution in [2.75, 3.05) is 9.44 Å². The summed E-state index contributed by atoms with van der Waals surface area (Å²) < 4.78 is 135. The number of alkyl halides is 6. The van der Waals surface area contributed by atoms with Crippen LogP contribution in [-0.2, 0) is 32.4 Å². The Labute approximate surface area is 402 Å². The molecule has 0 aliphatic rings. The van der Waals surface area contributed by atoms with Crippen molar-refractivity contribution in [2.45, 2.75) is 37.0 Å². The van der Waals surface area contributed by atoms with Crippen LogP contribution < -0.4 is 15.0 Å². The molecule has 0 bridgehead atoms. The third-order valence-electron chi connectivity index (χ3n) is 8.84. The van der Waals surface area contributed by atoms with E-state index in [2.05, 4.69) is 24.9 Å². The second-order valence-electron chi connectivity index (χ2n) is 13.2. The number of carbonyl (C=O) groups excluding carboxylic acids is 1. The van der Waals surface area contributed by atoms with E-state index in [-0.39, 0.29) is 58.5 Å². The van der Waals surface area contributed by atoms with Crippen molar-refractivity contribution in [2.24, 2.45) is 0 Å². The lowest BCUT2D eigenvalue weighted by atomic mass is 10.0. The fourth-order valence-electron chi connectivity index (χ4n) is 5.88. The number of anilines is 2. The molecule has 358 valence electrons. The summed E-state index contributed by atoms with van der Waals surface area (Å²) in [6.45, 7) is 0. The van der Waals surface area contributed by atoms with Gasteiger partial charge in [-0.3, -0.25) is 24.0 Å². The van der Waals surface area contributed by atoms with Crippen LogP contribution in [-0.4, -0.2) is 53.9 Å². The normalized spacial score (nSPS) is 11.6. The second kappa shape index (κ2) is 20.9. The minimum absolute atomic E-state index is 0. The molecule has 0 saturated carbocycles. The highest BCUT2D eigenvalue weighted by Gasteiger charge is 2.36. The van der Waals surface area contributed by atoms with Gasteiger partial charge in [0.1, 0.15) is 17.1 Å². The van der Waals surface area contributed by atoms with Gasteiger partial charge < -0.3 is 5.11 Å². The van der Waals surface area contributed by atoms with E-state index in [9.17, 15) is 62.7 Å². The zero-order valence-electron chi connectivity index (χ0n) is 32.1. The Balaban J connectivity index is 0.000000288. The molecule has 7 aromatic rings. The number of rotatable bonds is 10. The summed E-state index contributed by atoms with van der Waals surface area (Å²) >= 11 is 23.0. The van der Waals surface area contributed by atoms with Crippen LogP contribution in [0.4, 0.5) is 37.7 Å². The number of hydrogen-bond acceptors (Lipinski definition) is 10. The topological polar surface area (TPSA) is 218 Å². The molecule has 26 heteroatoms. The minimum Gasteiger partial charge on any atom is -0.478 e. The van der Waals surface area contributed by atoms with Gasteiger partial charge in [-0.15, -0.1) is 0 Å². The van der Waals surface area contributed by atoms with Crippen LogP contribution in [0.15, 0.2) is 124 Å². The fourth-order valence-corrected chi connectivity index (χ4v) is 8.81. The second-order valence-corrected chi connectivity index (χ2v) is 18.3. The molecule has 0 amide bonds. The van der Waals surface area contributed by atoms with Gasteiger partial charge in [-0.2, -0.15) is 31.4 Å². The zero-order chi connectivity index (χ0) is 48.5. The number of sulfonamides is 2. The van der Waals surface area contributed by atoms with Crippen LogP contribution in [0.5, 0.6) is 0 Å². The van der Waals surface area contributed by atoms with Crippen molar-refractivity contribution >= 4 is 100 Å². The van der Waals surface area contributed by atoms with E-state index < -0.39 is 92.1 Å². The maximum absolute atomic E-state index is 13.2. The standard InChI is InChI=1S/C20H11Cl2F3N4O3S.C20H11Cl2F3N2O5S.2CH4/c21-10-7-16(29-33(31,32)11-5-6-15(22)14(8-11)20(23,24)25)18(26-9-10)17-12-3-1-2-4-13(12)19(30)28-27-17;21-10-7-16(17(26-9-10)18(28)12-3-1-2-4-13(12)19(29)30)27-33(31,32)11-5-6-15(22)14(8-11)20(23,24)25;;/h1-9,29H,(H,28,30);1-9,27H,(H,29,30);2*1H4. The van der Waals surface area contributed by atoms with Crippen LogP contribution in [0, 0.1) is 0 Å². The summed E-state index contributed by atoms with van der Waals surface area (Å²) in [5, 5.41) is 14.9. The van der Waals surface area contributed by atoms with Gasteiger partial charge in [0, 0.05) is 23.3 Å². The Morgan fingerprint density at radius 1 is 0.603 bits per heavy atom. The molecular formula is C42H30Cl4F6N6O8S2. The lowest BCUT2D eigenvalue weighted by Gasteiger charge is -2.15. The molecule has 3 heterocycles. The molecule has 0 saturated heterocycles. The van der Waals surface area contributed by atoms with Crippen molar-refractivity contribution in [3.63, 3.8) is 0 Å². The Morgan fingerprint density at radius 3 is 1.57 bits per heavy atom. The Bertz CT molecular complexity index is 3380. The average molecular weight is 1070 g/mol. The SMILES string of the molecule is C.C.O=C(O)c1ccccc1C(=O)c1ncc(Cl)cc1NS(=O)(=O)c1ccc(Cl)c(C(F)(F)F)c1.O=c1[nH]nc(-c2ncc(Cl)cc2NS(=O)(=O)c2ccc(Cl)c(C(F)(F)F)c2)c2ccccc12. The number of aromatic carboxylic acids is 1. The highest BCUT2D eigenvalue weighted by atomic mass is 35.5. The molecular weight excluding hydrogens is 1040 g/mol. The zero-order valence-corrected chi connectivity index (χ0v) is 36.8. The highest BCUT2D eigenvalue weighted by molar-refractivity contribution is 7.93. The molecule has 4 aromatic carbocycles. The van der Waals surface area contributed by atoms with Crippen LogP contribution in [0.25, 0.3) is 22.2 Å². The lowest BCUT2D eigenvalue weighted by Crippen LogP contribution is -2.19. The van der Waals surface area contributed by atoms with Crippen LogP contribution >= 0.6 is 46.4 Å². The molecule has 7 rings (SSSR count). The summed E-state index contributed by atoms with van der Waals surface area (Å²) in [7, 11) is -9.20. The van der Waals surface area contributed by atoms with Gasteiger partial charge >= 0.3 is 18.3 Å². The number of carboxylic acids is 1. The van der Waals surface area contributed by atoms with Crippen molar-refractivity contribution in [3.8, 4) is 11.4 Å². The Morgan fingerprint density at radius 2 is 1.06 bits per heavy atom. The molecule has 68 heavy (non-hydrogen) atoms. The summed E-state index contributed by atoms with van der Waals surface area (Å²) in [4.78, 5) is 43.0. The fraction of sp³-hybridized carbons (Fsp3) is 0.0952. The molecule has 14 nitrogen and oxygen atoms in total. The number of nitrogens with one attached hydrogen (secondary N) is 3. The van der Waals surface area contributed by atoms with Crippen LogP contribution in [0.1, 0.15) is 52.4 Å². The maximum atomic E-state index is 13.2. The summed E-state index contributed by atoms with van der Waals surface area (Å²) in [5.74, 6) is -2.36. The van der Waals surface area contributed by atoms with E-state index in [1.54, 1.807) is 24.3 Å². The van der Waals surface area contributed by atoms with Gasteiger partial charge in [0.05, 0.1) is 63.3 Å². The number of carboxylic acid groups (broad SMARTS) is 1. The molecule has 4 N–H and O–H groups in total. The largest absolute Gasteiger partial charge is 0.478 e. The molecule has 0 aliphatic carbocycles. The number of fused-ring (bicyclic) bond motifs is 1. The Kier molecular flexibility index (Phi) is 16.7. The van der Waals surface area contributed by atoms with Gasteiger partial charge in [0.15, 0.2) is 0 Å². The van der Waals surface area contributed by atoms with E-state index >= 15 is 0 Å². The molecule has 0 spiro atoms. The molecule has 0 fully saturated rings.